The molecule has 0 unspecified atom stereocenters. The van der Waals surface area contributed by atoms with Gasteiger partial charge in [-0.25, -0.2) is 0 Å². The van der Waals surface area contributed by atoms with Crippen LogP contribution in [0, 0.1) is 11.8 Å². The first kappa shape index (κ1) is 19.2. The van der Waals surface area contributed by atoms with Crippen LogP contribution in [-0.2, 0) is 27.8 Å². The molecule has 0 aromatic carbocycles. The van der Waals surface area contributed by atoms with Crippen molar-refractivity contribution in [3.63, 3.8) is 0 Å². The smallest absolute Gasteiger partial charge is 0.308 e. The van der Waals surface area contributed by atoms with E-state index in [9.17, 15) is 9.59 Å². The molecule has 1 aliphatic rings. The number of nitrogens with zero attached hydrogens (tertiary/aromatic N) is 4. The zero-order valence-corrected chi connectivity index (χ0v) is 16.7. The molecule has 3 aromatic heterocycles. The molecule has 0 bridgehead atoms. The van der Waals surface area contributed by atoms with Crippen LogP contribution in [0.3, 0.4) is 0 Å². The van der Waals surface area contributed by atoms with Gasteiger partial charge in [0.2, 0.25) is 0 Å². The van der Waals surface area contributed by atoms with Crippen LogP contribution < -0.4 is 0 Å². The minimum Gasteiger partial charge on any atom is -0.469 e. The number of rotatable bonds is 5. The van der Waals surface area contributed by atoms with Crippen LogP contribution in [-0.4, -0.2) is 38.6 Å². The fourth-order valence-electron chi connectivity index (χ4n) is 4.03. The molecule has 29 heavy (non-hydrogen) atoms. The van der Waals surface area contributed by atoms with Gasteiger partial charge in [-0.05, 0) is 43.2 Å². The van der Waals surface area contributed by atoms with Crippen LogP contribution in [0.4, 0.5) is 0 Å². The average Bonchev–Trinajstić information content (AvgIpc) is 3.19. The van der Waals surface area contributed by atoms with E-state index in [0.717, 1.165) is 40.6 Å². The maximum absolute atomic E-state index is 12.8. The van der Waals surface area contributed by atoms with E-state index in [4.69, 9.17) is 4.74 Å². The Morgan fingerprint density at radius 1 is 1.03 bits per heavy atom. The molecule has 7 heteroatoms. The molecule has 0 atom stereocenters. The number of methoxy groups -OCH3 is 1. The summed E-state index contributed by atoms with van der Waals surface area (Å²) in [6, 6.07) is 3.97. The van der Waals surface area contributed by atoms with Crippen LogP contribution >= 0.6 is 0 Å². The predicted molar refractivity (Wildman–Crippen MR) is 108 cm³/mol. The van der Waals surface area contributed by atoms with Gasteiger partial charge in [-0.3, -0.25) is 24.2 Å². The molecular weight excluding hydrogens is 368 g/mol. The summed E-state index contributed by atoms with van der Waals surface area (Å²) in [7, 11) is 3.29. The highest BCUT2D eigenvalue weighted by Crippen LogP contribution is 2.31. The molecule has 0 radical (unpaired) electrons. The van der Waals surface area contributed by atoms with Crippen LogP contribution in [0.15, 0.2) is 36.9 Å². The molecule has 0 spiro atoms. The second-order valence-corrected chi connectivity index (χ2v) is 7.71. The van der Waals surface area contributed by atoms with Gasteiger partial charge in [0, 0.05) is 54.6 Å². The van der Waals surface area contributed by atoms with Crippen LogP contribution in [0.5, 0.6) is 0 Å². The fraction of sp³-hybridized carbons (Fsp3) is 0.409. The molecule has 1 fully saturated rings. The Labute approximate surface area is 169 Å². The van der Waals surface area contributed by atoms with E-state index in [1.807, 2.05) is 25.4 Å². The van der Waals surface area contributed by atoms with Gasteiger partial charge in [-0.2, -0.15) is 5.10 Å². The van der Waals surface area contributed by atoms with Crippen LogP contribution in [0.25, 0.3) is 22.0 Å². The summed E-state index contributed by atoms with van der Waals surface area (Å²) in [6.45, 7) is 0. The largest absolute Gasteiger partial charge is 0.469 e. The molecule has 0 saturated heterocycles. The van der Waals surface area contributed by atoms with E-state index < -0.39 is 0 Å². The highest BCUT2D eigenvalue weighted by molar-refractivity contribution is 5.87. The van der Waals surface area contributed by atoms with Crippen molar-refractivity contribution in [1.82, 2.24) is 19.7 Å². The number of fused-ring (bicyclic) bond motifs is 1. The van der Waals surface area contributed by atoms with E-state index in [1.54, 1.807) is 23.3 Å². The third kappa shape index (κ3) is 4.18. The number of hydrogen-bond donors (Lipinski definition) is 0. The van der Waals surface area contributed by atoms with Crippen molar-refractivity contribution in [1.29, 1.82) is 0 Å². The Bertz CT molecular complexity index is 1050. The summed E-state index contributed by atoms with van der Waals surface area (Å²) in [5.74, 6) is -0.0372. The zero-order chi connectivity index (χ0) is 20.4. The maximum Gasteiger partial charge on any atom is 0.308 e. The van der Waals surface area contributed by atoms with Crippen molar-refractivity contribution in [2.45, 2.75) is 32.1 Å². The lowest BCUT2D eigenvalue weighted by Crippen LogP contribution is -2.27. The number of ketones is 1. The summed E-state index contributed by atoms with van der Waals surface area (Å²) >= 11 is 0. The number of carbonyl (C=O) groups is 2. The first-order chi connectivity index (χ1) is 14.0. The molecule has 0 N–H and O–H groups in total. The Hall–Kier alpha value is -3.09. The van der Waals surface area contributed by atoms with Gasteiger partial charge in [-0.1, -0.05) is 0 Å². The number of aromatic nitrogens is 4. The van der Waals surface area contributed by atoms with Crippen LogP contribution in [0.1, 0.15) is 31.4 Å². The number of aryl methyl sites for hydroxylation is 1. The van der Waals surface area contributed by atoms with Crippen molar-refractivity contribution >= 4 is 22.5 Å². The quantitative estimate of drug-likeness (QED) is 0.620. The number of ether oxygens (including phenoxy) is 1. The molecule has 3 heterocycles. The molecule has 1 aliphatic carbocycles. The summed E-state index contributed by atoms with van der Waals surface area (Å²) < 4.78 is 6.56. The van der Waals surface area contributed by atoms with E-state index >= 15 is 0 Å². The van der Waals surface area contributed by atoms with Crippen molar-refractivity contribution in [2.75, 3.05) is 7.11 Å². The minimum absolute atomic E-state index is 0.00297. The molecule has 150 valence electrons. The molecule has 4 rings (SSSR count). The summed E-state index contributed by atoms with van der Waals surface area (Å²) in [4.78, 5) is 33.4. The zero-order valence-electron chi connectivity index (χ0n) is 16.7. The topological polar surface area (TPSA) is 87.0 Å². The Morgan fingerprint density at radius 2 is 1.76 bits per heavy atom. The summed E-state index contributed by atoms with van der Waals surface area (Å²) in [6.07, 6.45) is 10.5. The predicted octanol–water partition coefficient (Wildman–Crippen LogP) is 3.12. The van der Waals surface area contributed by atoms with Gasteiger partial charge < -0.3 is 4.74 Å². The molecule has 0 aliphatic heterocycles. The lowest BCUT2D eigenvalue weighted by atomic mass is 9.79. The SMILES string of the molecule is COC(=O)C1CCC(C(=O)Cc2cc3cc(-c4cnn(C)c4)ncc3cn2)CC1. The normalized spacial score (nSPS) is 19.2. The van der Waals surface area contributed by atoms with Gasteiger partial charge in [0.15, 0.2) is 0 Å². The van der Waals surface area contributed by atoms with Crippen LogP contribution in [0.2, 0.25) is 0 Å². The van der Waals surface area contributed by atoms with E-state index in [1.165, 1.54) is 7.11 Å². The Morgan fingerprint density at radius 3 is 2.45 bits per heavy atom. The number of esters is 1. The summed E-state index contributed by atoms with van der Waals surface area (Å²) in [5, 5.41) is 6.14. The molecule has 7 nitrogen and oxygen atoms in total. The average molecular weight is 392 g/mol. The number of pyridine rings is 2. The van der Waals surface area contributed by atoms with E-state index in [-0.39, 0.29) is 23.6 Å². The van der Waals surface area contributed by atoms with Gasteiger partial charge in [0.25, 0.3) is 0 Å². The second kappa shape index (κ2) is 8.11. The highest BCUT2D eigenvalue weighted by Gasteiger charge is 2.30. The van der Waals surface area contributed by atoms with E-state index in [2.05, 4.69) is 15.1 Å². The van der Waals surface area contributed by atoms with Crippen molar-refractivity contribution in [3.8, 4) is 11.3 Å². The highest BCUT2D eigenvalue weighted by atomic mass is 16.5. The Balaban J connectivity index is 1.46. The third-order valence-corrected chi connectivity index (χ3v) is 5.73. The lowest BCUT2D eigenvalue weighted by Gasteiger charge is -2.25. The molecule has 1 saturated carbocycles. The monoisotopic (exact) mass is 392 g/mol. The number of carbonyl (C=O) groups excluding carboxylic acids is 2. The van der Waals surface area contributed by atoms with Gasteiger partial charge >= 0.3 is 5.97 Å². The lowest BCUT2D eigenvalue weighted by molar-refractivity contribution is -0.147. The summed E-state index contributed by atoms with van der Waals surface area (Å²) in [5.41, 5.74) is 2.56. The fourth-order valence-corrected chi connectivity index (χ4v) is 4.03. The van der Waals surface area contributed by atoms with Crippen molar-refractivity contribution < 1.29 is 14.3 Å². The number of Topliss-reactive ketones (excluding diaryl/α,β-unsaturated/α-hetero) is 1. The first-order valence-electron chi connectivity index (χ1n) is 9.87. The molecule has 0 amide bonds. The Kier molecular flexibility index (Phi) is 5.38. The van der Waals surface area contributed by atoms with E-state index in [0.29, 0.717) is 19.3 Å². The standard InChI is InChI=1S/C22H24N4O3/c1-26-13-18(12-25-26)20-8-16-7-19(23-10-17(16)11-24-20)9-21(27)14-3-5-15(6-4-14)22(28)29-2/h7-8,10-15H,3-6,9H2,1-2H3. The maximum atomic E-state index is 12.8. The van der Waals surface area contributed by atoms with Crippen molar-refractivity contribution in [2.24, 2.45) is 18.9 Å². The van der Waals surface area contributed by atoms with Gasteiger partial charge in [0.05, 0.1) is 24.9 Å². The van der Waals surface area contributed by atoms with Gasteiger partial charge in [0.1, 0.15) is 5.78 Å². The van der Waals surface area contributed by atoms with Crippen molar-refractivity contribution in [3.05, 3.63) is 42.6 Å². The third-order valence-electron chi connectivity index (χ3n) is 5.73. The molecule has 3 aromatic rings. The minimum atomic E-state index is -0.162. The second-order valence-electron chi connectivity index (χ2n) is 7.71. The first-order valence-corrected chi connectivity index (χ1v) is 9.87. The van der Waals surface area contributed by atoms with Gasteiger partial charge in [-0.15, -0.1) is 0 Å². The molecular formula is C22H24N4O3. The number of hydrogen-bond acceptors (Lipinski definition) is 6.